The molecule has 1 heterocycles. The minimum atomic E-state index is 0.785. The Morgan fingerprint density at radius 2 is 1.87 bits per heavy atom. The van der Waals surface area contributed by atoms with Crippen LogP contribution in [0.5, 0.6) is 0 Å². The smallest absolute Gasteiger partial charge is 0.0426 e. The summed E-state index contributed by atoms with van der Waals surface area (Å²) in [6, 6.07) is 8.17. The molecule has 2 rings (SSSR count). The Kier molecular flexibility index (Phi) is 3.20. The highest BCUT2D eigenvalue weighted by molar-refractivity contribution is 6.30. The first-order chi connectivity index (χ1) is 7.15. The standard InChI is InChI=1S/C13H18ClN/c1-10-6-11(2)9-15(8-10)13-5-3-4-12(14)7-13/h3-5,7,10-11H,6,8-9H2,1-2H3. The van der Waals surface area contributed by atoms with Gasteiger partial charge in [0.25, 0.3) is 0 Å². The molecule has 1 saturated heterocycles. The molecule has 0 saturated carbocycles. The van der Waals surface area contributed by atoms with E-state index in [-0.39, 0.29) is 0 Å². The number of halogens is 1. The second kappa shape index (κ2) is 4.44. The van der Waals surface area contributed by atoms with Crippen LogP contribution in [0.1, 0.15) is 20.3 Å². The molecule has 0 aromatic heterocycles. The highest BCUT2D eigenvalue weighted by Crippen LogP contribution is 2.27. The average Bonchev–Trinajstić information content (AvgIpc) is 2.16. The number of piperidine rings is 1. The van der Waals surface area contributed by atoms with E-state index in [0.717, 1.165) is 29.9 Å². The van der Waals surface area contributed by atoms with E-state index in [0.29, 0.717) is 0 Å². The van der Waals surface area contributed by atoms with Gasteiger partial charge in [0.15, 0.2) is 0 Å². The molecule has 0 N–H and O–H groups in total. The van der Waals surface area contributed by atoms with Crippen LogP contribution >= 0.6 is 11.6 Å². The van der Waals surface area contributed by atoms with Gasteiger partial charge in [-0.05, 0) is 36.5 Å². The lowest BCUT2D eigenvalue weighted by atomic mass is 9.91. The molecule has 0 amide bonds. The molecular formula is C13H18ClN. The van der Waals surface area contributed by atoms with E-state index in [1.165, 1.54) is 12.1 Å². The lowest BCUT2D eigenvalue weighted by molar-refractivity contribution is 0.357. The summed E-state index contributed by atoms with van der Waals surface area (Å²) >= 11 is 6.01. The van der Waals surface area contributed by atoms with Crippen molar-refractivity contribution in [2.75, 3.05) is 18.0 Å². The second-order valence-corrected chi connectivity index (χ2v) is 5.27. The normalized spacial score (nSPS) is 26.7. The van der Waals surface area contributed by atoms with Crippen LogP contribution in [0.25, 0.3) is 0 Å². The van der Waals surface area contributed by atoms with Crippen molar-refractivity contribution >= 4 is 17.3 Å². The predicted molar refractivity (Wildman–Crippen MR) is 66.6 cm³/mol. The van der Waals surface area contributed by atoms with Gasteiger partial charge in [0.05, 0.1) is 0 Å². The van der Waals surface area contributed by atoms with Crippen LogP contribution in [0, 0.1) is 11.8 Å². The van der Waals surface area contributed by atoms with Crippen molar-refractivity contribution in [3.8, 4) is 0 Å². The first kappa shape index (κ1) is 10.8. The summed E-state index contributed by atoms with van der Waals surface area (Å²) in [5, 5.41) is 0.832. The number of nitrogens with zero attached hydrogens (tertiary/aromatic N) is 1. The quantitative estimate of drug-likeness (QED) is 0.700. The third kappa shape index (κ3) is 2.66. The van der Waals surface area contributed by atoms with Gasteiger partial charge in [-0.3, -0.25) is 0 Å². The number of hydrogen-bond acceptors (Lipinski definition) is 1. The highest BCUT2D eigenvalue weighted by atomic mass is 35.5. The van der Waals surface area contributed by atoms with Crippen molar-refractivity contribution < 1.29 is 0 Å². The number of anilines is 1. The van der Waals surface area contributed by atoms with Gasteiger partial charge in [0, 0.05) is 23.8 Å². The summed E-state index contributed by atoms with van der Waals surface area (Å²) in [4.78, 5) is 2.45. The molecule has 2 heteroatoms. The van der Waals surface area contributed by atoms with Gasteiger partial charge in [-0.15, -0.1) is 0 Å². The van der Waals surface area contributed by atoms with Gasteiger partial charge in [0.1, 0.15) is 0 Å². The Bertz CT molecular complexity index is 327. The molecule has 1 fully saturated rings. The zero-order valence-corrected chi connectivity index (χ0v) is 10.2. The summed E-state index contributed by atoms with van der Waals surface area (Å²) in [5.41, 5.74) is 1.26. The summed E-state index contributed by atoms with van der Waals surface area (Å²) < 4.78 is 0. The molecule has 0 bridgehead atoms. The summed E-state index contributed by atoms with van der Waals surface area (Å²) in [5.74, 6) is 1.57. The Hall–Kier alpha value is -0.690. The lowest BCUT2D eigenvalue weighted by Gasteiger charge is -2.36. The summed E-state index contributed by atoms with van der Waals surface area (Å²) in [6.07, 6.45) is 1.34. The van der Waals surface area contributed by atoms with Crippen LogP contribution in [0.3, 0.4) is 0 Å². The SMILES string of the molecule is CC1CC(C)CN(c2cccc(Cl)c2)C1. The number of rotatable bonds is 1. The zero-order chi connectivity index (χ0) is 10.8. The molecule has 1 aliphatic rings. The van der Waals surface area contributed by atoms with E-state index < -0.39 is 0 Å². The van der Waals surface area contributed by atoms with Gasteiger partial charge >= 0.3 is 0 Å². The van der Waals surface area contributed by atoms with Crippen molar-refractivity contribution in [2.24, 2.45) is 11.8 Å². The molecule has 82 valence electrons. The largest absolute Gasteiger partial charge is 0.371 e. The van der Waals surface area contributed by atoms with Crippen LogP contribution in [0.15, 0.2) is 24.3 Å². The molecule has 1 nitrogen and oxygen atoms in total. The highest BCUT2D eigenvalue weighted by Gasteiger charge is 2.21. The van der Waals surface area contributed by atoms with E-state index >= 15 is 0 Å². The van der Waals surface area contributed by atoms with Gasteiger partial charge in [-0.1, -0.05) is 31.5 Å². The van der Waals surface area contributed by atoms with E-state index in [4.69, 9.17) is 11.6 Å². The van der Waals surface area contributed by atoms with Crippen LogP contribution in [0.2, 0.25) is 5.02 Å². The Morgan fingerprint density at radius 1 is 1.20 bits per heavy atom. The van der Waals surface area contributed by atoms with Gasteiger partial charge in [-0.2, -0.15) is 0 Å². The molecule has 2 unspecified atom stereocenters. The predicted octanol–water partition coefficient (Wildman–Crippen LogP) is 3.82. The van der Waals surface area contributed by atoms with Crippen LogP contribution in [-0.4, -0.2) is 13.1 Å². The van der Waals surface area contributed by atoms with E-state index in [1.807, 2.05) is 12.1 Å². The van der Waals surface area contributed by atoms with Crippen molar-refractivity contribution in [3.05, 3.63) is 29.3 Å². The molecule has 0 radical (unpaired) electrons. The summed E-state index contributed by atoms with van der Waals surface area (Å²) in [7, 11) is 0. The van der Waals surface area contributed by atoms with E-state index in [1.54, 1.807) is 0 Å². The maximum atomic E-state index is 6.01. The minimum Gasteiger partial charge on any atom is -0.371 e. The maximum absolute atomic E-state index is 6.01. The lowest BCUT2D eigenvalue weighted by Crippen LogP contribution is -2.38. The number of benzene rings is 1. The Balaban J connectivity index is 2.16. The molecule has 1 aromatic rings. The number of hydrogen-bond donors (Lipinski definition) is 0. The molecular weight excluding hydrogens is 206 g/mol. The van der Waals surface area contributed by atoms with Crippen molar-refractivity contribution in [1.29, 1.82) is 0 Å². The fourth-order valence-electron chi connectivity index (χ4n) is 2.55. The Morgan fingerprint density at radius 3 is 2.47 bits per heavy atom. The van der Waals surface area contributed by atoms with Crippen molar-refractivity contribution in [3.63, 3.8) is 0 Å². The van der Waals surface area contributed by atoms with Gasteiger partial charge < -0.3 is 4.90 Å². The first-order valence-corrected chi connectivity index (χ1v) is 6.03. The third-order valence-electron chi connectivity index (χ3n) is 3.04. The van der Waals surface area contributed by atoms with Crippen molar-refractivity contribution in [1.82, 2.24) is 0 Å². The minimum absolute atomic E-state index is 0.785. The third-order valence-corrected chi connectivity index (χ3v) is 3.28. The zero-order valence-electron chi connectivity index (χ0n) is 9.41. The molecule has 1 aliphatic heterocycles. The summed E-state index contributed by atoms with van der Waals surface area (Å²) in [6.45, 7) is 6.97. The molecule has 2 atom stereocenters. The van der Waals surface area contributed by atoms with Crippen LogP contribution < -0.4 is 4.90 Å². The van der Waals surface area contributed by atoms with Gasteiger partial charge in [-0.25, -0.2) is 0 Å². The molecule has 1 aromatic carbocycles. The average molecular weight is 224 g/mol. The Labute approximate surface area is 97.0 Å². The monoisotopic (exact) mass is 223 g/mol. The second-order valence-electron chi connectivity index (χ2n) is 4.83. The molecule has 0 aliphatic carbocycles. The molecule has 15 heavy (non-hydrogen) atoms. The van der Waals surface area contributed by atoms with Crippen LogP contribution in [0.4, 0.5) is 5.69 Å². The fourth-order valence-corrected chi connectivity index (χ4v) is 2.73. The fraction of sp³-hybridized carbons (Fsp3) is 0.538. The van der Waals surface area contributed by atoms with E-state index in [9.17, 15) is 0 Å². The van der Waals surface area contributed by atoms with E-state index in [2.05, 4.69) is 30.9 Å². The first-order valence-electron chi connectivity index (χ1n) is 5.65. The molecule has 0 spiro atoms. The topological polar surface area (TPSA) is 3.24 Å². The van der Waals surface area contributed by atoms with Gasteiger partial charge in [0.2, 0.25) is 0 Å². The maximum Gasteiger partial charge on any atom is 0.0426 e. The van der Waals surface area contributed by atoms with Crippen molar-refractivity contribution in [2.45, 2.75) is 20.3 Å². The van der Waals surface area contributed by atoms with Crippen LogP contribution in [-0.2, 0) is 0 Å².